The summed E-state index contributed by atoms with van der Waals surface area (Å²) in [6.07, 6.45) is 8.30. The number of benzene rings is 2. The largest absolute Gasteiger partial charge is 0.371 e. The van der Waals surface area contributed by atoms with Gasteiger partial charge >= 0.3 is 0 Å². The molecule has 10 nitrogen and oxygen atoms in total. The van der Waals surface area contributed by atoms with E-state index < -0.39 is 5.91 Å². The second-order valence-electron chi connectivity index (χ2n) is 11.3. The highest BCUT2D eigenvalue weighted by Crippen LogP contribution is 2.42. The summed E-state index contributed by atoms with van der Waals surface area (Å²) in [4.78, 5) is 39.1. The van der Waals surface area contributed by atoms with Gasteiger partial charge in [0.2, 0.25) is 11.9 Å². The van der Waals surface area contributed by atoms with Crippen LogP contribution in [-0.4, -0.2) is 63.4 Å². The Kier molecular flexibility index (Phi) is 7.08. The minimum absolute atomic E-state index is 0.246. The number of fused-ring (bicyclic) bond motifs is 1. The number of nitrogens with two attached hydrogens (primary N) is 1. The van der Waals surface area contributed by atoms with Gasteiger partial charge in [-0.1, -0.05) is 12.1 Å². The van der Waals surface area contributed by atoms with Crippen LogP contribution >= 0.6 is 0 Å². The average molecular weight is 553 g/mol. The fraction of sp³-hybridized carbons (Fsp3) is 0.355. The fourth-order valence-corrected chi connectivity index (χ4v) is 6.15. The first-order chi connectivity index (χ1) is 19.9. The molecular weight excluding hydrogens is 516 g/mol. The van der Waals surface area contributed by atoms with E-state index >= 15 is 0 Å². The number of allylic oxidation sites excluding steroid dienone is 1. The number of rotatable bonds is 7. The maximum Gasteiger partial charge on any atom is 0.278 e. The predicted octanol–water partition coefficient (Wildman–Crippen LogP) is 3.92. The van der Waals surface area contributed by atoms with E-state index in [1.807, 2.05) is 12.1 Å². The van der Waals surface area contributed by atoms with Crippen molar-refractivity contribution >= 4 is 34.3 Å². The van der Waals surface area contributed by atoms with Crippen molar-refractivity contribution in [3.63, 3.8) is 0 Å². The lowest BCUT2D eigenvalue weighted by molar-refractivity contribution is 0.0945. The molecule has 0 unspecified atom stereocenters. The molecule has 1 spiro atoms. The highest BCUT2D eigenvalue weighted by molar-refractivity contribution is 5.93. The molecule has 2 aromatic heterocycles. The standard InChI is InChI=1S/C31H36N8O2/c1-3-15-38-29(41)26-21-33-30(35-28(26)39(38)25-6-4-5-22(20-25)27(32)40)34-23-7-9-24(10-8-23)37-18-13-31(14-19-37)11-16-36(2)17-12-31/h3-10,20-21H,1,11-19H2,2H3,(H2,32,40)(H,33,34,35). The van der Waals surface area contributed by atoms with Gasteiger partial charge in [-0.3, -0.25) is 9.59 Å². The fourth-order valence-electron chi connectivity index (χ4n) is 6.15. The van der Waals surface area contributed by atoms with E-state index in [1.165, 1.54) is 55.3 Å². The molecule has 0 saturated carbocycles. The Hall–Kier alpha value is -4.44. The molecule has 0 atom stereocenters. The second kappa shape index (κ2) is 10.9. The van der Waals surface area contributed by atoms with Crippen molar-refractivity contribution in [2.24, 2.45) is 11.1 Å². The average Bonchev–Trinajstić information content (AvgIpc) is 3.26. The van der Waals surface area contributed by atoms with Crippen molar-refractivity contribution < 1.29 is 4.79 Å². The molecule has 1 amide bonds. The number of nitrogens with one attached hydrogen (secondary N) is 1. The number of piperidine rings is 2. The lowest BCUT2D eigenvalue weighted by Crippen LogP contribution is -2.46. The van der Waals surface area contributed by atoms with Gasteiger partial charge in [-0.2, -0.15) is 4.98 Å². The SMILES string of the molecule is C=CCn1c(=O)c2cnc(Nc3ccc(N4CCC5(CCN(C)CC5)CC4)cc3)nc2n1-c1cccc(C(N)=O)c1. The number of anilines is 3. The van der Waals surface area contributed by atoms with Crippen molar-refractivity contribution in [2.75, 3.05) is 43.4 Å². The van der Waals surface area contributed by atoms with E-state index in [9.17, 15) is 9.59 Å². The summed E-state index contributed by atoms with van der Waals surface area (Å²) < 4.78 is 3.19. The Balaban J connectivity index is 1.23. The third-order valence-corrected chi connectivity index (χ3v) is 8.71. The van der Waals surface area contributed by atoms with Crippen LogP contribution in [0.2, 0.25) is 0 Å². The molecule has 2 aliphatic heterocycles. The molecule has 0 aliphatic carbocycles. The summed E-state index contributed by atoms with van der Waals surface area (Å²) in [7, 11) is 2.22. The van der Waals surface area contributed by atoms with Crippen LogP contribution in [0.3, 0.4) is 0 Å². The molecule has 212 valence electrons. The molecule has 4 aromatic rings. The van der Waals surface area contributed by atoms with Crippen LogP contribution in [0, 0.1) is 5.41 Å². The first-order valence-corrected chi connectivity index (χ1v) is 14.2. The summed E-state index contributed by atoms with van der Waals surface area (Å²) >= 11 is 0. The Bertz CT molecular complexity index is 1640. The third-order valence-electron chi connectivity index (χ3n) is 8.71. The van der Waals surface area contributed by atoms with E-state index in [2.05, 4.69) is 45.9 Å². The summed E-state index contributed by atoms with van der Waals surface area (Å²) in [6.45, 7) is 8.65. The summed E-state index contributed by atoms with van der Waals surface area (Å²) in [6, 6.07) is 15.2. The quantitative estimate of drug-likeness (QED) is 0.334. The van der Waals surface area contributed by atoms with Gasteiger partial charge in [-0.25, -0.2) is 14.3 Å². The van der Waals surface area contributed by atoms with Crippen molar-refractivity contribution in [3.05, 3.63) is 83.3 Å². The van der Waals surface area contributed by atoms with Gasteiger partial charge in [-0.05, 0) is 93.7 Å². The Morgan fingerprint density at radius 1 is 1.05 bits per heavy atom. The van der Waals surface area contributed by atoms with Crippen LogP contribution in [0.15, 0.2) is 72.2 Å². The lowest BCUT2D eigenvalue weighted by atomic mass is 9.71. The van der Waals surface area contributed by atoms with Gasteiger partial charge in [0.15, 0.2) is 5.65 Å². The number of aromatic nitrogens is 4. The van der Waals surface area contributed by atoms with E-state index in [-0.39, 0.29) is 12.1 Å². The van der Waals surface area contributed by atoms with Gasteiger partial charge in [0.1, 0.15) is 5.39 Å². The number of amides is 1. The maximum absolute atomic E-state index is 13.2. The first-order valence-electron chi connectivity index (χ1n) is 14.2. The van der Waals surface area contributed by atoms with Crippen molar-refractivity contribution in [3.8, 4) is 5.69 Å². The zero-order chi connectivity index (χ0) is 28.6. The van der Waals surface area contributed by atoms with Crippen LogP contribution in [0.1, 0.15) is 36.0 Å². The lowest BCUT2D eigenvalue weighted by Gasteiger charge is -2.46. The van der Waals surface area contributed by atoms with Gasteiger partial charge < -0.3 is 20.9 Å². The Morgan fingerprint density at radius 3 is 2.44 bits per heavy atom. The molecule has 2 saturated heterocycles. The van der Waals surface area contributed by atoms with Crippen molar-refractivity contribution in [1.29, 1.82) is 0 Å². The maximum atomic E-state index is 13.2. The minimum atomic E-state index is -0.549. The number of primary amides is 1. The normalized spacial score (nSPS) is 17.1. The minimum Gasteiger partial charge on any atom is -0.371 e. The molecule has 2 aromatic carbocycles. The van der Waals surface area contributed by atoms with Crippen LogP contribution in [0.4, 0.5) is 17.3 Å². The second-order valence-corrected chi connectivity index (χ2v) is 11.3. The molecule has 4 heterocycles. The number of carbonyl (C=O) groups excluding carboxylic acids is 1. The topological polar surface area (TPSA) is 114 Å². The summed E-state index contributed by atoms with van der Waals surface area (Å²) in [5.74, 6) is -0.185. The number of nitrogens with zero attached hydrogens (tertiary/aromatic N) is 6. The molecule has 3 N–H and O–H groups in total. The third kappa shape index (κ3) is 5.22. The van der Waals surface area contributed by atoms with Gasteiger partial charge in [-0.15, -0.1) is 6.58 Å². The Morgan fingerprint density at radius 2 is 1.76 bits per heavy atom. The van der Waals surface area contributed by atoms with E-state index in [0.717, 1.165) is 18.8 Å². The number of hydrogen-bond acceptors (Lipinski definition) is 7. The summed E-state index contributed by atoms with van der Waals surface area (Å²) in [5.41, 5.74) is 9.21. The van der Waals surface area contributed by atoms with Crippen LogP contribution in [-0.2, 0) is 6.54 Å². The van der Waals surface area contributed by atoms with Gasteiger partial charge in [0.25, 0.3) is 5.56 Å². The predicted molar refractivity (Wildman–Crippen MR) is 162 cm³/mol. The van der Waals surface area contributed by atoms with Crippen LogP contribution in [0.25, 0.3) is 16.7 Å². The Labute approximate surface area is 239 Å². The highest BCUT2D eigenvalue weighted by Gasteiger charge is 2.36. The molecule has 2 fully saturated rings. The smallest absolute Gasteiger partial charge is 0.278 e. The zero-order valence-electron chi connectivity index (χ0n) is 23.4. The van der Waals surface area contributed by atoms with E-state index in [1.54, 1.807) is 35.0 Å². The van der Waals surface area contributed by atoms with Crippen molar-refractivity contribution in [2.45, 2.75) is 32.2 Å². The molecule has 0 bridgehead atoms. The van der Waals surface area contributed by atoms with Crippen LogP contribution in [0.5, 0.6) is 0 Å². The first kappa shape index (κ1) is 26.8. The molecule has 0 radical (unpaired) electrons. The van der Waals surface area contributed by atoms with E-state index in [4.69, 9.17) is 10.7 Å². The number of likely N-dealkylation sites (tertiary alicyclic amines) is 1. The molecule has 10 heteroatoms. The number of hydrogen-bond donors (Lipinski definition) is 2. The van der Waals surface area contributed by atoms with Crippen LogP contribution < -0.4 is 21.5 Å². The highest BCUT2D eigenvalue weighted by atomic mass is 16.1. The van der Waals surface area contributed by atoms with Gasteiger partial charge in [0, 0.05) is 36.2 Å². The van der Waals surface area contributed by atoms with E-state index in [0.29, 0.717) is 33.6 Å². The molecular formula is C31H36N8O2. The summed E-state index contributed by atoms with van der Waals surface area (Å²) in [5, 5.41) is 3.65. The van der Waals surface area contributed by atoms with Gasteiger partial charge in [0.05, 0.1) is 12.2 Å². The number of carbonyl (C=O) groups is 1. The molecule has 2 aliphatic rings. The monoisotopic (exact) mass is 552 g/mol. The zero-order valence-corrected chi connectivity index (χ0v) is 23.4. The molecule has 6 rings (SSSR count). The van der Waals surface area contributed by atoms with Crippen molar-refractivity contribution in [1.82, 2.24) is 24.2 Å². The molecule has 41 heavy (non-hydrogen) atoms.